The number of ether oxygens (including phenoxy) is 1. The molecule has 0 aliphatic heterocycles. The molecule has 1 unspecified atom stereocenters. The summed E-state index contributed by atoms with van der Waals surface area (Å²) in [4.78, 5) is 0. The van der Waals surface area contributed by atoms with Gasteiger partial charge in [0.1, 0.15) is 5.75 Å². The van der Waals surface area contributed by atoms with Crippen LogP contribution >= 0.6 is 0 Å². The number of hydrogen-bond donors (Lipinski definition) is 0. The fraction of sp³-hybridized carbons (Fsp3) is 0.250. The Labute approximate surface area is 116 Å². The van der Waals surface area contributed by atoms with E-state index in [2.05, 4.69) is 13.0 Å². The molecule has 0 saturated heterocycles. The van der Waals surface area contributed by atoms with Crippen LogP contribution in [0, 0.1) is 6.92 Å². The lowest BCUT2D eigenvalue weighted by Gasteiger charge is -2.07. The van der Waals surface area contributed by atoms with Gasteiger partial charge in [0, 0.05) is 22.3 Å². The predicted octanol–water partition coefficient (Wildman–Crippen LogP) is 3.45. The zero-order valence-corrected chi connectivity index (χ0v) is 12.1. The quantitative estimate of drug-likeness (QED) is 0.834. The van der Waals surface area contributed by atoms with Crippen LogP contribution < -0.4 is 4.74 Å². The van der Waals surface area contributed by atoms with Crippen molar-refractivity contribution >= 4 is 10.8 Å². The summed E-state index contributed by atoms with van der Waals surface area (Å²) in [5.41, 5.74) is 3.40. The molecule has 0 heterocycles. The standard InChI is InChI=1S/C16H18O2S/c1-13-6-3-4-8-15(13)12-19(17)11-14-7-5-9-16(10-14)18-2/h3-10H,11-12H2,1-2H3. The molecule has 0 spiro atoms. The first-order valence-electron chi connectivity index (χ1n) is 6.21. The Morgan fingerprint density at radius 3 is 2.58 bits per heavy atom. The van der Waals surface area contributed by atoms with Crippen molar-refractivity contribution in [3.63, 3.8) is 0 Å². The van der Waals surface area contributed by atoms with Crippen molar-refractivity contribution in [2.45, 2.75) is 18.4 Å². The Morgan fingerprint density at radius 1 is 1.05 bits per heavy atom. The minimum absolute atomic E-state index is 0.561. The SMILES string of the molecule is COc1cccc(CS(=O)Cc2ccccc2C)c1. The minimum Gasteiger partial charge on any atom is -0.497 e. The first kappa shape index (κ1) is 13.8. The summed E-state index contributed by atoms with van der Waals surface area (Å²) in [6, 6.07) is 15.8. The highest BCUT2D eigenvalue weighted by Gasteiger charge is 2.06. The topological polar surface area (TPSA) is 26.3 Å². The molecule has 19 heavy (non-hydrogen) atoms. The van der Waals surface area contributed by atoms with Crippen LogP contribution in [0.15, 0.2) is 48.5 Å². The fourth-order valence-corrected chi connectivity index (χ4v) is 3.27. The molecule has 0 N–H and O–H groups in total. The Morgan fingerprint density at radius 2 is 1.84 bits per heavy atom. The maximum absolute atomic E-state index is 12.2. The lowest BCUT2D eigenvalue weighted by atomic mass is 10.1. The van der Waals surface area contributed by atoms with Crippen molar-refractivity contribution < 1.29 is 8.95 Å². The second-order valence-corrected chi connectivity index (χ2v) is 5.96. The number of aryl methyl sites for hydroxylation is 1. The number of rotatable bonds is 5. The van der Waals surface area contributed by atoms with Gasteiger partial charge in [0.2, 0.25) is 0 Å². The van der Waals surface area contributed by atoms with Crippen LogP contribution in [0.3, 0.4) is 0 Å². The van der Waals surface area contributed by atoms with Crippen molar-refractivity contribution in [1.29, 1.82) is 0 Å². The third-order valence-electron chi connectivity index (χ3n) is 3.04. The summed E-state index contributed by atoms with van der Waals surface area (Å²) >= 11 is 0. The van der Waals surface area contributed by atoms with Gasteiger partial charge in [0.05, 0.1) is 7.11 Å². The molecule has 0 aromatic heterocycles. The first-order chi connectivity index (χ1) is 9.19. The molecule has 0 bridgehead atoms. The molecular formula is C16H18O2S. The van der Waals surface area contributed by atoms with Crippen LogP contribution in [0.1, 0.15) is 16.7 Å². The van der Waals surface area contributed by atoms with E-state index in [0.29, 0.717) is 11.5 Å². The normalized spacial score (nSPS) is 12.1. The molecule has 0 amide bonds. The van der Waals surface area contributed by atoms with E-state index < -0.39 is 10.8 Å². The monoisotopic (exact) mass is 274 g/mol. The van der Waals surface area contributed by atoms with Gasteiger partial charge in [0.15, 0.2) is 0 Å². The third kappa shape index (κ3) is 3.93. The van der Waals surface area contributed by atoms with Gasteiger partial charge >= 0.3 is 0 Å². The summed E-state index contributed by atoms with van der Waals surface area (Å²) in [5.74, 6) is 1.97. The smallest absolute Gasteiger partial charge is 0.119 e. The van der Waals surface area contributed by atoms with Gasteiger partial charge < -0.3 is 4.74 Å². The lowest BCUT2D eigenvalue weighted by molar-refractivity contribution is 0.414. The Bertz CT molecular complexity index is 578. The van der Waals surface area contributed by atoms with Crippen molar-refractivity contribution in [3.8, 4) is 5.75 Å². The largest absolute Gasteiger partial charge is 0.497 e. The average Bonchev–Trinajstić information content (AvgIpc) is 2.41. The highest BCUT2D eigenvalue weighted by Crippen LogP contribution is 2.16. The van der Waals surface area contributed by atoms with E-state index in [1.54, 1.807) is 7.11 Å². The van der Waals surface area contributed by atoms with Crippen LogP contribution in [-0.4, -0.2) is 11.3 Å². The maximum Gasteiger partial charge on any atom is 0.119 e. The van der Waals surface area contributed by atoms with E-state index >= 15 is 0 Å². The molecule has 0 fully saturated rings. The van der Waals surface area contributed by atoms with Gasteiger partial charge in [-0.05, 0) is 35.7 Å². The summed E-state index contributed by atoms with van der Waals surface area (Å²) in [6.07, 6.45) is 0. The molecule has 2 rings (SSSR count). The molecule has 2 aromatic carbocycles. The lowest BCUT2D eigenvalue weighted by Crippen LogP contribution is -2.01. The fourth-order valence-electron chi connectivity index (χ4n) is 1.94. The van der Waals surface area contributed by atoms with Gasteiger partial charge in [-0.3, -0.25) is 4.21 Å². The van der Waals surface area contributed by atoms with Crippen molar-refractivity contribution in [1.82, 2.24) is 0 Å². The molecule has 1 atom stereocenters. The molecule has 2 aromatic rings. The Balaban J connectivity index is 2.03. The Kier molecular flexibility index (Phi) is 4.74. The number of benzene rings is 2. The molecule has 0 aliphatic carbocycles. The highest BCUT2D eigenvalue weighted by atomic mass is 32.2. The summed E-state index contributed by atoms with van der Waals surface area (Å²) in [5, 5.41) is 0. The van der Waals surface area contributed by atoms with Crippen LogP contribution in [0.2, 0.25) is 0 Å². The van der Waals surface area contributed by atoms with E-state index in [-0.39, 0.29) is 0 Å². The summed E-state index contributed by atoms with van der Waals surface area (Å²) in [6.45, 7) is 2.05. The van der Waals surface area contributed by atoms with Gasteiger partial charge in [-0.15, -0.1) is 0 Å². The molecule has 3 heteroatoms. The zero-order chi connectivity index (χ0) is 13.7. The predicted molar refractivity (Wildman–Crippen MR) is 79.7 cm³/mol. The first-order valence-corrected chi connectivity index (χ1v) is 7.70. The summed E-state index contributed by atoms with van der Waals surface area (Å²) in [7, 11) is 0.744. The minimum atomic E-state index is -0.898. The van der Waals surface area contributed by atoms with E-state index in [1.165, 1.54) is 5.56 Å². The van der Waals surface area contributed by atoms with Crippen molar-refractivity contribution in [2.75, 3.05) is 7.11 Å². The second kappa shape index (κ2) is 6.53. The molecule has 0 saturated carbocycles. The van der Waals surface area contributed by atoms with Gasteiger partial charge in [0.25, 0.3) is 0 Å². The van der Waals surface area contributed by atoms with E-state index in [9.17, 15) is 4.21 Å². The van der Waals surface area contributed by atoms with Gasteiger partial charge in [-0.2, -0.15) is 0 Å². The highest BCUT2D eigenvalue weighted by molar-refractivity contribution is 7.83. The summed E-state index contributed by atoms with van der Waals surface area (Å²) < 4.78 is 17.4. The van der Waals surface area contributed by atoms with Gasteiger partial charge in [-0.25, -0.2) is 0 Å². The molecule has 0 radical (unpaired) electrons. The van der Waals surface area contributed by atoms with Crippen LogP contribution in [0.5, 0.6) is 5.75 Å². The van der Waals surface area contributed by atoms with Gasteiger partial charge in [-0.1, -0.05) is 36.4 Å². The third-order valence-corrected chi connectivity index (χ3v) is 4.33. The molecule has 2 nitrogen and oxygen atoms in total. The van der Waals surface area contributed by atoms with E-state index in [1.807, 2.05) is 42.5 Å². The number of hydrogen-bond acceptors (Lipinski definition) is 2. The van der Waals surface area contributed by atoms with Crippen LogP contribution in [-0.2, 0) is 22.3 Å². The van der Waals surface area contributed by atoms with Crippen LogP contribution in [0.25, 0.3) is 0 Å². The Hall–Kier alpha value is -1.61. The zero-order valence-electron chi connectivity index (χ0n) is 11.3. The number of methoxy groups -OCH3 is 1. The second-order valence-electron chi connectivity index (χ2n) is 4.51. The van der Waals surface area contributed by atoms with Crippen molar-refractivity contribution in [2.24, 2.45) is 0 Å². The van der Waals surface area contributed by atoms with E-state index in [4.69, 9.17) is 4.74 Å². The molecule has 0 aliphatic rings. The molecule has 100 valence electrons. The maximum atomic E-state index is 12.2. The van der Waals surface area contributed by atoms with Crippen molar-refractivity contribution in [3.05, 3.63) is 65.2 Å². The molecular weight excluding hydrogens is 256 g/mol. The average molecular weight is 274 g/mol. The van der Waals surface area contributed by atoms with Crippen LogP contribution in [0.4, 0.5) is 0 Å². The van der Waals surface area contributed by atoms with E-state index in [0.717, 1.165) is 16.9 Å².